The van der Waals surface area contributed by atoms with Gasteiger partial charge in [-0.15, -0.1) is 0 Å². The Morgan fingerprint density at radius 2 is 1.71 bits per heavy atom. The summed E-state index contributed by atoms with van der Waals surface area (Å²) in [6, 6.07) is 9.00. The Morgan fingerprint density at radius 3 is 2.38 bits per heavy atom. The van der Waals surface area contributed by atoms with Crippen LogP contribution in [0, 0.1) is 12.8 Å². The van der Waals surface area contributed by atoms with Crippen molar-refractivity contribution in [3.05, 3.63) is 35.4 Å². The van der Waals surface area contributed by atoms with E-state index >= 15 is 0 Å². The number of unbranched alkanes of at least 4 members (excludes halogenated alkanes) is 6. The third-order valence-electron chi connectivity index (χ3n) is 4.32. The minimum atomic E-state index is 0.785. The number of benzene rings is 1. The molecule has 0 radical (unpaired) electrons. The summed E-state index contributed by atoms with van der Waals surface area (Å²) in [7, 11) is 2.08. The third kappa shape index (κ3) is 8.93. The van der Waals surface area contributed by atoms with E-state index in [2.05, 4.69) is 50.5 Å². The lowest BCUT2D eigenvalue weighted by atomic mass is 9.92. The van der Waals surface area contributed by atoms with Gasteiger partial charge in [0.25, 0.3) is 0 Å². The van der Waals surface area contributed by atoms with Gasteiger partial charge in [0.05, 0.1) is 0 Å². The molecule has 120 valence electrons. The van der Waals surface area contributed by atoms with Crippen LogP contribution in [0.3, 0.4) is 0 Å². The van der Waals surface area contributed by atoms with Crippen LogP contribution in [-0.4, -0.2) is 13.6 Å². The summed E-state index contributed by atoms with van der Waals surface area (Å²) >= 11 is 0. The van der Waals surface area contributed by atoms with E-state index in [1.54, 1.807) is 0 Å². The molecular weight excluding hydrogens is 254 g/mol. The van der Waals surface area contributed by atoms with Crippen molar-refractivity contribution in [1.29, 1.82) is 0 Å². The normalized spacial score (nSPS) is 12.5. The predicted molar refractivity (Wildman–Crippen MR) is 94.9 cm³/mol. The van der Waals surface area contributed by atoms with Crippen LogP contribution in [-0.2, 0) is 6.42 Å². The van der Waals surface area contributed by atoms with Crippen LogP contribution in [0.5, 0.6) is 0 Å². The standard InChI is InChI=1S/C20H35N/c1-4-5-6-7-8-9-10-13-20(17-21-3)16-19-14-11-12-18(2)15-19/h11-12,14-15,20-21H,4-10,13,16-17H2,1-3H3. The SMILES string of the molecule is CCCCCCCCCC(CNC)Cc1cccc(C)c1. The van der Waals surface area contributed by atoms with Crippen molar-refractivity contribution in [1.82, 2.24) is 5.32 Å². The maximum absolute atomic E-state index is 3.37. The molecule has 0 amide bonds. The summed E-state index contributed by atoms with van der Waals surface area (Å²) in [6.45, 7) is 5.62. The number of aryl methyl sites for hydroxylation is 1. The summed E-state index contributed by atoms with van der Waals surface area (Å²) in [6.07, 6.45) is 12.4. The zero-order valence-electron chi connectivity index (χ0n) is 14.5. The van der Waals surface area contributed by atoms with Crippen molar-refractivity contribution in [2.24, 2.45) is 5.92 Å². The first-order chi connectivity index (χ1) is 10.3. The highest BCUT2D eigenvalue weighted by Gasteiger charge is 2.09. The monoisotopic (exact) mass is 289 g/mol. The molecule has 0 saturated carbocycles. The fraction of sp³-hybridized carbons (Fsp3) is 0.700. The topological polar surface area (TPSA) is 12.0 Å². The lowest BCUT2D eigenvalue weighted by Gasteiger charge is -2.17. The molecule has 0 bridgehead atoms. The Morgan fingerprint density at radius 1 is 1.00 bits per heavy atom. The summed E-state index contributed by atoms with van der Waals surface area (Å²) in [5.41, 5.74) is 2.88. The summed E-state index contributed by atoms with van der Waals surface area (Å²) in [4.78, 5) is 0. The van der Waals surface area contributed by atoms with Crippen LogP contribution >= 0.6 is 0 Å². The Kier molecular flexibility index (Phi) is 10.2. The van der Waals surface area contributed by atoms with Gasteiger partial charge in [0, 0.05) is 0 Å². The van der Waals surface area contributed by atoms with E-state index in [9.17, 15) is 0 Å². The van der Waals surface area contributed by atoms with E-state index in [4.69, 9.17) is 0 Å². The molecule has 1 aromatic rings. The fourth-order valence-electron chi connectivity index (χ4n) is 3.13. The summed E-state index contributed by atoms with van der Waals surface area (Å²) < 4.78 is 0. The van der Waals surface area contributed by atoms with Crippen molar-refractivity contribution in [3.63, 3.8) is 0 Å². The molecule has 1 nitrogen and oxygen atoms in total. The van der Waals surface area contributed by atoms with Gasteiger partial charge in [-0.05, 0) is 44.8 Å². The van der Waals surface area contributed by atoms with E-state index in [0.717, 1.165) is 12.5 Å². The molecule has 1 atom stereocenters. The summed E-state index contributed by atoms with van der Waals surface area (Å²) in [5, 5.41) is 3.37. The zero-order valence-corrected chi connectivity index (χ0v) is 14.5. The Labute approximate surface area is 132 Å². The first-order valence-corrected chi connectivity index (χ1v) is 8.96. The molecule has 0 spiro atoms. The molecule has 1 aromatic carbocycles. The molecule has 0 aliphatic heterocycles. The molecule has 0 heterocycles. The molecule has 21 heavy (non-hydrogen) atoms. The van der Waals surface area contributed by atoms with Crippen LogP contribution in [0.4, 0.5) is 0 Å². The van der Waals surface area contributed by atoms with Gasteiger partial charge >= 0.3 is 0 Å². The summed E-state index contributed by atoms with van der Waals surface area (Å²) in [5.74, 6) is 0.785. The van der Waals surface area contributed by atoms with Crippen LogP contribution in [0.2, 0.25) is 0 Å². The van der Waals surface area contributed by atoms with Crippen molar-refractivity contribution < 1.29 is 0 Å². The lowest BCUT2D eigenvalue weighted by molar-refractivity contribution is 0.432. The van der Waals surface area contributed by atoms with E-state index in [1.165, 1.54) is 68.9 Å². The highest BCUT2D eigenvalue weighted by molar-refractivity contribution is 5.22. The lowest BCUT2D eigenvalue weighted by Crippen LogP contribution is -2.20. The Balaban J connectivity index is 2.23. The van der Waals surface area contributed by atoms with Crippen molar-refractivity contribution >= 4 is 0 Å². The Hall–Kier alpha value is -0.820. The zero-order chi connectivity index (χ0) is 15.3. The van der Waals surface area contributed by atoms with E-state index in [0.29, 0.717) is 0 Å². The first-order valence-electron chi connectivity index (χ1n) is 8.96. The number of nitrogens with one attached hydrogen (secondary N) is 1. The van der Waals surface area contributed by atoms with Gasteiger partial charge in [0.15, 0.2) is 0 Å². The Bertz CT molecular complexity index is 359. The van der Waals surface area contributed by atoms with Crippen LogP contribution in [0.15, 0.2) is 24.3 Å². The van der Waals surface area contributed by atoms with Gasteiger partial charge in [0.2, 0.25) is 0 Å². The first kappa shape index (κ1) is 18.2. The molecular formula is C20H35N. The number of hydrogen-bond acceptors (Lipinski definition) is 1. The molecule has 1 rings (SSSR count). The molecule has 0 aliphatic carbocycles. The minimum absolute atomic E-state index is 0.785. The van der Waals surface area contributed by atoms with Crippen molar-refractivity contribution in [2.75, 3.05) is 13.6 Å². The van der Waals surface area contributed by atoms with Crippen molar-refractivity contribution in [2.45, 2.75) is 71.6 Å². The highest BCUT2D eigenvalue weighted by Crippen LogP contribution is 2.17. The van der Waals surface area contributed by atoms with E-state index in [1.807, 2.05) is 0 Å². The molecule has 1 unspecified atom stereocenters. The molecule has 1 heteroatoms. The van der Waals surface area contributed by atoms with E-state index in [-0.39, 0.29) is 0 Å². The minimum Gasteiger partial charge on any atom is -0.319 e. The van der Waals surface area contributed by atoms with E-state index < -0.39 is 0 Å². The van der Waals surface area contributed by atoms with Crippen LogP contribution in [0.25, 0.3) is 0 Å². The molecule has 0 aliphatic rings. The molecule has 0 aromatic heterocycles. The predicted octanol–water partition coefficient (Wildman–Crippen LogP) is 5.51. The average molecular weight is 290 g/mol. The van der Waals surface area contributed by atoms with Crippen LogP contribution in [0.1, 0.15) is 69.4 Å². The molecule has 0 saturated heterocycles. The van der Waals surface area contributed by atoms with Gasteiger partial charge in [-0.3, -0.25) is 0 Å². The van der Waals surface area contributed by atoms with Gasteiger partial charge in [-0.1, -0.05) is 81.7 Å². The molecule has 0 fully saturated rings. The van der Waals surface area contributed by atoms with Gasteiger partial charge in [-0.25, -0.2) is 0 Å². The van der Waals surface area contributed by atoms with Gasteiger partial charge < -0.3 is 5.32 Å². The van der Waals surface area contributed by atoms with Crippen molar-refractivity contribution in [3.8, 4) is 0 Å². The molecule has 1 N–H and O–H groups in total. The largest absolute Gasteiger partial charge is 0.319 e. The maximum atomic E-state index is 3.37. The third-order valence-corrected chi connectivity index (χ3v) is 4.32. The van der Waals surface area contributed by atoms with Crippen LogP contribution < -0.4 is 5.32 Å². The van der Waals surface area contributed by atoms with Gasteiger partial charge in [0.1, 0.15) is 0 Å². The van der Waals surface area contributed by atoms with Gasteiger partial charge in [-0.2, -0.15) is 0 Å². The fourth-order valence-corrected chi connectivity index (χ4v) is 3.13. The quantitative estimate of drug-likeness (QED) is 0.500. The maximum Gasteiger partial charge on any atom is -0.00203 e. The average Bonchev–Trinajstić information content (AvgIpc) is 2.46. The second-order valence-electron chi connectivity index (χ2n) is 6.53. The highest BCUT2D eigenvalue weighted by atomic mass is 14.8. The second kappa shape index (κ2) is 11.8. The number of hydrogen-bond donors (Lipinski definition) is 1. The smallest absolute Gasteiger partial charge is 0.00203 e. The number of rotatable bonds is 12. The second-order valence-corrected chi connectivity index (χ2v) is 6.53.